The lowest BCUT2D eigenvalue weighted by atomic mass is 10.2. The Labute approximate surface area is 132 Å². The highest BCUT2D eigenvalue weighted by Crippen LogP contribution is 2.19. The predicted molar refractivity (Wildman–Crippen MR) is 84.3 cm³/mol. The quantitative estimate of drug-likeness (QED) is 0.768. The van der Waals surface area contributed by atoms with Crippen LogP contribution in [0.1, 0.15) is 13.8 Å². The standard InChI is InChI=1S/C16H18N2O5/c1-3-17-16(21)10(2)18-14(19)9-22-12-6-4-11-5-7-15(20)23-13(11)8-12/h4-8,10H,3,9H2,1-2H3,(H,17,21)(H,18,19)/t10-/m1/s1. The van der Waals surface area contributed by atoms with Crippen molar-refractivity contribution in [3.8, 4) is 5.75 Å². The molecule has 7 nitrogen and oxygen atoms in total. The average Bonchev–Trinajstić information content (AvgIpc) is 2.52. The van der Waals surface area contributed by atoms with E-state index < -0.39 is 17.6 Å². The molecule has 0 fully saturated rings. The van der Waals surface area contributed by atoms with Gasteiger partial charge in [-0.15, -0.1) is 0 Å². The molecule has 0 unspecified atom stereocenters. The summed E-state index contributed by atoms with van der Waals surface area (Å²) in [6, 6.07) is 7.27. The summed E-state index contributed by atoms with van der Waals surface area (Å²) in [4.78, 5) is 34.5. The molecular weight excluding hydrogens is 300 g/mol. The van der Waals surface area contributed by atoms with Crippen molar-refractivity contribution < 1.29 is 18.7 Å². The Morgan fingerprint density at radius 1 is 1.26 bits per heavy atom. The van der Waals surface area contributed by atoms with Crippen LogP contribution in [0.25, 0.3) is 11.0 Å². The van der Waals surface area contributed by atoms with Crippen molar-refractivity contribution in [3.05, 3.63) is 40.8 Å². The molecule has 0 radical (unpaired) electrons. The van der Waals surface area contributed by atoms with Crippen LogP contribution in [0, 0.1) is 0 Å². The zero-order valence-corrected chi connectivity index (χ0v) is 12.9. The Morgan fingerprint density at radius 2 is 2.00 bits per heavy atom. The summed E-state index contributed by atoms with van der Waals surface area (Å²) in [7, 11) is 0. The number of nitrogens with one attached hydrogen (secondary N) is 2. The van der Waals surface area contributed by atoms with Crippen molar-refractivity contribution in [3.63, 3.8) is 0 Å². The van der Waals surface area contributed by atoms with Crippen LogP contribution in [0.3, 0.4) is 0 Å². The van der Waals surface area contributed by atoms with E-state index in [-0.39, 0.29) is 12.5 Å². The largest absolute Gasteiger partial charge is 0.484 e. The maximum atomic E-state index is 11.8. The van der Waals surface area contributed by atoms with Gasteiger partial charge in [0.25, 0.3) is 5.91 Å². The van der Waals surface area contributed by atoms with Gasteiger partial charge in [-0.2, -0.15) is 0 Å². The molecule has 2 aromatic rings. The van der Waals surface area contributed by atoms with Gasteiger partial charge in [0, 0.05) is 24.1 Å². The smallest absolute Gasteiger partial charge is 0.336 e. The van der Waals surface area contributed by atoms with Gasteiger partial charge in [0.2, 0.25) is 5.91 Å². The predicted octanol–water partition coefficient (Wildman–Crippen LogP) is 0.813. The molecule has 0 aliphatic heterocycles. The second-order valence-electron chi connectivity index (χ2n) is 4.93. The van der Waals surface area contributed by atoms with Crippen LogP contribution in [0.5, 0.6) is 5.75 Å². The topological polar surface area (TPSA) is 97.6 Å². The summed E-state index contributed by atoms with van der Waals surface area (Å²) < 4.78 is 10.4. The maximum absolute atomic E-state index is 11.8. The van der Waals surface area contributed by atoms with Crippen LogP contribution >= 0.6 is 0 Å². The molecule has 23 heavy (non-hydrogen) atoms. The van der Waals surface area contributed by atoms with Crippen molar-refractivity contribution in [2.75, 3.05) is 13.2 Å². The van der Waals surface area contributed by atoms with Gasteiger partial charge in [-0.05, 0) is 32.0 Å². The minimum absolute atomic E-state index is 0.244. The van der Waals surface area contributed by atoms with Crippen LogP contribution in [-0.2, 0) is 9.59 Å². The first-order chi connectivity index (χ1) is 11.0. The Morgan fingerprint density at radius 3 is 2.74 bits per heavy atom. The van der Waals surface area contributed by atoms with Gasteiger partial charge in [0.05, 0.1) is 0 Å². The van der Waals surface area contributed by atoms with Gasteiger partial charge >= 0.3 is 5.63 Å². The van der Waals surface area contributed by atoms with Gasteiger partial charge < -0.3 is 19.8 Å². The van der Waals surface area contributed by atoms with E-state index in [1.54, 1.807) is 32.0 Å². The molecule has 122 valence electrons. The molecule has 0 bridgehead atoms. The fourth-order valence-electron chi connectivity index (χ4n) is 1.96. The van der Waals surface area contributed by atoms with Gasteiger partial charge in [-0.25, -0.2) is 4.79 Å². The first-order valence-corrected chi connectivity index (χ1v) is 7.23. The SMILES string of the molecule is CCNC(=O)[C@@H](C)NC(=O)COc1ccc2ccc(=O)oc2c1. The van der Waals surface area contributed by atoms with Crippen LogP contribution < -0.4 is 21.0 Å². The maximum Gasteiger partial charge on any atom is 0.336 e. The molecule has 7 heteroatoms. The van der Waals surface area contributed by atoms with Gasteiger partial charge in [-0.3, -0.25) is 9.59 Å². The van der Waals surface area contributed by atoms with Crippen molar-refractivity contribution in [2.24, 2.45) is 0 Å². The highest BCUT2D eigenvalue weighted by molar-refractivity contribution is 5.87. The number of carbonyl (C=O) groups is 2. The fourth-order valence-corrected chi connectivity index (χ4v) is 1.96. The van der Waals surface area contributed by atoms with Crippen LogP contribution in [0.2, 0.25) is 0 Å². The lowest BCUT2D eigenvalue weighted by Crippen LogP contribution is -2.46. The fraction of sp³-hybridized carbons (Fsp3) is 0.312. The van der Waals surface area contributed by atoms with Crippen molar-refractivity contribution in [1.29, 1.82) is 0 Å². The molecule has 2 N–H and O–H groups in total. The van der Waals surface area contributed by atoms with E-state index in [4.69, 9.17) is 9.15 Å². The summed E-state index contributed by atoms with van der Waals surface area (Å²) >= 11 is 0. The van der Waals surface area contributed by atoms with E-state index in [1.165, 1.54) is 12.1 Å². The molecule has 0 spiro atoms. The Kier molecular flexibility index (Phi) is 5.35. The van der Waals surface area contributed by atoms with Crippen molar-refractivity contribution in [2.45, 2.75) is 19.9 Å². The summed E-state index contributed by atoms with van der Waals surface area (Å²) in [5.74, 6) is -0.278. The average molecular weight is 318 g/mol. The Hall–Kier alpha value is -2.83. The second-order valence-corrected chi connectivity index (χ2v) is 4.93. The number of carbonyl (C=O) groups excluding carboxylic acids is 2. The number of hydrogen-bond acceptors (Lipinski definition) is 5. The molecule has 0 aliphatic carbocycles. The number of amides is 2. The molecule has 1 atom stereocenters. The Bertz CT molecular complexity index is 768. The third-order valence-electron chi connectivity index (χ3n) is 3.09. The lowest BCUT2D eigenvalue weighted by molar-refractivity contribution is -0.129. The monoisotopic (exact) mass is 318 g/mol. The summed E-state index contributed by atoms with van der Waals surface area (Å²) in [5, 5.41) is 5.90. The van der Waals surface area contributed by atoms with Gasteiger partial charge in [0.1, 0.15) is 17.4 Å². The molecule has 1 aromatic carbocycles. The molecule has 0 saturated heterocycles. The van der Waals surface area contributed by atoms with E-state index >= 15 is 0 Å². The van der Waals surface area contributed by atoms with E-state index in [9.17, 15) is 14.4 Å². The molecule has 0 aliphatic rings. The van der Waals surface area contributed by atoms with Gasteiger partial charge in [0.15, 0.2) is 6.61 Å². The summed E-state index contributed by atoms with van der Waals surface area (Å²) in [6.45, 7) is 3.64. The number of rotatable bonds is 6. The molecule has 2 amide bonds. The summed E-state index contributed by atoms with van der Waals surface area (Å²) in [5.41, 5.74) is -0.0748. The lowest BCUT2D eigenvalue weighted by Gasteiger charge is -2.13. The Balaban J connectivity index is 1.94. The minimum atomic E-state index is -0.638. The van der Waals surface area contributed by atoms with E-state index in [0.717, 1.165) is 5.39 Å². The van der Waals surface area contributed by atoms with Crippen LogP contribution in [0.4, 0.5) is 0 Å². The van der Waals surface area contributed by atoms with E-state index in [1.807, 2.05) is 0 Å². The third-order valence-corrected chi connectivity index (χ3v) is 3.09. The third kappa shape index (κ3) is 4.57. The highest BCUT2D eigenvalue weighted by atomic mass is 16.5. The first-order valence-electron chi connectivity index (χ1n) is 7.23. The molecule has 0 saturated carbocycles. The van der Waals surface area contributed by atoms with Crippen LogP contribution in [0.15, 0.2) is 39.5 Å². The molecule has 1 aromatic heterocycles. The highest BCUT2D eigenvalue weighted by Gasteiger charge is 2.14. The minimum Gasteiger partial charge on any atom is -0.484 e. The van der Waals surface area contributed by atoms with Crippen molar-refractivity contribution >= 4 is 22.8 Å². The number of ether oxygens (including phenoxy) is 1. The number of fused-ring (bicyclic) bond motifs is 1. The van der Waals surface area contributed by atoms with Crippen LogP contribution in [-0.4, -0.2) is 31.0 Å². The number of hydrogen-bond donors (Lipinski definition) is 2. The summed E-state index contributed by atoms with van der Waals surface area (Å²) in [6.07, 6.45) is 0. The zero-order chi connectivity index (χ0) is 16.8. The molecule has 1 heterocycles. The first kappa shape index (κ1) is 16.5. The van der Waals surface area contributed by atoms with E-state index in [2.05, 4.69) is 10.6 Å². The van der Waals surface area contributed by atoms with Gasteiger partial charge in [-0.1, -0.05) is 0 Å². The van der Waals surface area contributed by atoms with Crippen molar-refractivity contribution in [1.82, 2.24) is 10.6 Å². The number of likely N-dealkylation sites (N-methyl/N-ethyl adjacent to an activating group) is 1. The normalized spacial score (nSPS) is 11.7. The molecular formula is C16H18N2O5. The second kappa shape index (κ2) is 7.44. The molecule has 2 rings (SSSR count). The van der Waals surface area contributed by atoms with E-state index in [0.29, 0.717) is 17.9 Å². The number of benzene rings is 1. The zero-order valence-electron chi connectivity index (χ0n) is 12.9.